The van der Waals surface area contributed by atoms with Crippen molar-refractivity contribution in [2.75, 3.05) is 0 Å². The smallest absolute Gasteiger partial charge is 0.273 e. The van der Waals surface area contributed by atoms with E-state index in [0.29, 0.717) is 23.4 Å². The maximum atomic E-state index is 11.1. The molecule has 0 atom stereocenters. The maximum absolute atomic E-state index is 11.1. The van der Waals surface area contributed by atoms with Crippen molar-refractivity contribution < 1.29 is 4.92 Å². The number of nitrogens with one attached hydrogen (secondary N) is 1. The molecular weight excluding hydrogens is 264 g/mol. The summed E-state index contributed by atoms with van der Waals surface area (Å²) in [7, 11) is 0. The lowest BCUT2D eigenvalue weighted by atomic mass is 9.63. The average Bonchev–Trinajstić information content (AvgIpc) is 2.33. The first-order chi connectivity index (χ1) is 9.69. The van der Waals surface area contributed by atoms with Crippen LogP contribution in [0.2, 0.25) is 0 Å². The Bertz CT molecular complexity index is 507. The van der Waals surface area contributed by atoms with Crippen LogP contribution in [-0.4, -0.2) is 11.0 Å². The molecule has 4 nitrogen and oxygen atoms in total. The third-order valence-corrected chi connectivity index (χ3v) is 4.32. The molecular formula is C17H26N2O2. The highest BCUT2D eigenvalue weighted by atomic mass is 16.6. The van der Waals surface area contributed by atoms with E-state index in [1.807, 2.05) is 12.1 Å². The van der Waals surface area contributed by atoms with Gasteiger partial charge in [-0.3, -0.25) is 10.1 Å². The number of nitrogens with zero attached hydrogens (tertiary/aromatic N) is 1. The second kappa shape index (κ2) is 5.76. The first kappa shape index (κ1) is 16.0. The van der Waals surface area contributed by atoms with Crippen LogP contribution < -0.4 is 5.32 Å². The van der Waals surface area contributed by atoms with Crippen molar-refractivity contribution >= 4 is 5.69 Å². The van der Waals surface area contributed by atoms with E-state index in [4.69, 9.17) is 0 Å². The Balaban J connectivity index is 2.05. The number of para-hydroxylation sites is 1. The van der Waals surface area contributed by atoms with Crippen molar-refractivity contribution in [1.82, 2.24) is 5.32 Å². The van der Waals surface area contributed by atoms with Gasteiger partial charge in [-0.15, -0.1) is 0 Å². The number of nitro groups is 1. The molecule has 0 radical (unpaired) electrons. The summed E-state index contributed by atoms with van der Waals surface area (Å²) in [5.41, 5.74) is 1.62. The van der Waals surface area contributed by atoms with Gasteiger partial charge in [-0.1, -0.05) is 45.9 Å². The topological polar surface area (TPSA) is 55.2 Å². The Labute approximate surface area is 127 Å². The summed E-state index contributed by atoms with van der Waals surface area (Å²) in [4.78, 5) is 10.8. The Kier molecular flexibility index (Phi) is 4.38. The first-order valence-corrected chi connectivity index (χ1v) is 7.64. The van der Waals surface area contributed by atoms with Crippen LogP contribution in [-0.2, 0) is 6.54 Å². The molecule has 1 N–H and O–H groups in total. The average molecular weight is 290 g/mol. The van der Waals surface area contributed by atoms with Crippen molar-refractivity contribution in [2.24, 2.45) is 10.8 Å². The van der Waals surface area contributed by atoms with Crippen LogP contribution in [0.15, 0.2) is 24.3 Å². The zero-order valence-electron chi connectivity index (χ0n) is 13.5. The molecule has 0 spiro atoms. The summed E-state index contributed by atoms with van der Waals surface area (Å²) in [5, 5.41) is 14.6. The second-order valence-corrected chi connectivity index (χ2v) is 7.88. The van der Waals surface area contributed by atoms with Gasteiger partial charge >= 0.3 is 0 Å². The lowest BCUT2D eigenvalue weighted by Crippen LogP contribution is -2.43. The van der Waals surface area contributed by atoms with Gasteiger partial charge in [0.05, 0.1) is 4.92 Å². The van der Waals surface area contributed by atoms with E-state index < -0.39 is 0 Å². The number of hydrogen-bond donors (Lipinski definition) is 1. The molecule has 116 valence electrons. The summed E-state index contributed by atoms with van der Waals surface area (Å²) >= 11 is 0. The molecule has 0 unspecified atom stereocenters. The van der Waals surface area contributed by atoms with Crippen molar-refractivity contribution in [1.29, 1.82) is 0 Å². The summed E-state index contributed by atoms with van der Waals surface area (Å²) < 4.78 is 0. The predicted octanol–water partition coefficient (Wildman–Crippen LogP) is 4.29. The molecule has 0 aromatic heterocycles. The monoisotopic (exact) mass is 290 g/mol. The van der Waals surface area contributed by atoms with Crippen LogP contribution in [0.3, 0.4) is 0 Å². The lowest BCUT2D eigenvalue weighted by Gasteiger charge is -2.45. The SMILES string of the molecule is CC1(C)CC(NCc2ccccc2[N+](=O)[O-])CC(C)(C)C1. The van der Waals surface area contributed by atoms with Gasteiger partial charge in [-0.2, -0.15) is 0 Å². The molecule has 1 aromatic rings. The molecule has 1 saturated carbocycles. The van der Waals surface area contributed by atoms with Gasteiger partial charge in [0.2, 0.25) is 0 Å². The van der Waals surface area contributed by atoms with Gasteiger partial charge in [0.25, 0.3) is 5.69 Å². The molecule has 21 heavy (non-hydrogen) atoms. The summed E-state index contributed by atoms with van der Waals surface area (Å²) in [5.74, 6) is 0. The molecule has 1 aliphatic carbocycles. The molecule has 2 rings (SSSR count). The quantitative estimate of drug-likeness (QED) is 0.665. The highest BCUT2D eigenvalue weighted by Gasteiger charge is 2.38. The zero-order valence-corrected chi connectivity index (χ0v) is 13.5. The minimum Gasteiger partial charge on any atom is -0.310 e. The fourth-order valence-electron chi connectivity index (χ4n) is 4.08. The van der Waals surface area contributed by atoms with Gasteiger partial charge in [0, 0.05) is 24.2 Å². The molecule has 4 heteroatoms. The molecule has 1 fully saturated rings. The van der Waals surface area contributed by atoms with E-state index in [0.717, 1.165) is 18.4 Å². The Hall–Kier alpha value is -1.42. The van der Waals surface area contributed by atoms with Crippen LogP contribution in [0.5, 0.6) is 0 Å². The zero-order chi connectivity index (χ0) is 15.7. The van der Waals surface area contributed by atoms with Crippen LogP contribution >= 0.6 is 0 Å². The number of nitro benzene ring substituents is 1. The van der Waals surface area contributed by atoms with Gasteiger partial charge in [0.1, 0.15) is 0 Å². The van der Waals surface area contributed by atoms with E-state index in [-0.39, 0.29) is 10.6 Å². The lowest BCUT2D eigenvalue weighted by molar-refractivity contribution is -0.385. The summed E-state index contributed by atoms with van der Waals surface area (Å²) in [6.07, 6.45) is 3.47. The van der Waals surface area contributed by atoms with Crippen molar-refractivity contribution in [3.05, 3.63) is 39.9 Å². The van der Waals surface area contributed by atoms with Crippen LogP contribution in [0.25, 0.3) is 0 Å². The standard InChI is InChI=1S/C17H26N2O2/c1-16(2)9-14(10-17(3,4)12-16)18-11-13-7-5-6-8-15(13)19(20)21/h5-8,14,18H,9-12H2,1-4H3. The van der Waals surface area contributed by atoms with Gasteiger partial charge in [0.15, 0.2) is 0 Å². The van der Waals surface area contributed by atoms with Crippen molar-refractivity contribution in [3.63, 3.8) is 0 Å². The fourth-order valence-corrected chi connectivity index (χ4v) is 4.08. The van der Waals surface area contributed by atoms with Gasteiger partial charge in [-0.25, -0.2) is 0 Å². The van der Waals surface area contributed by atoms with E-state index in [1.165, 1.54) is 6.42 Å². The summed E-state index contributed by atoms with van der Waals surface area (Å²) in [6, 6.07) is 7.41. The predicted molar refractivity (Wildman–Crippen MR) is 85.1 cm³/mol. The van der Waals surface area contributed by atoms with E-state index in [2.05, 4.69) is 33.0 Å². The molecule has 0 heterocycles. The fraction of sp³-hybridized carbons (Fsp3) is 0.647. The normalized spacial score (nSPS) is 21.1. The molecule has 1 aromatic carbocycles. The third-order valence-electron chi connectivity index (χ3n) is 4.32. The molecule has 0 aliphatic heterocycles. The van der Waals surface area contributed by atoms with Crippen molar-refractivity contribution in [2.45, 2.75) is 59.5 Å². The first-order valence-electron chi connectivity index (χ1n) is 7.64. The minimum atomic E-state index is -0.300. The number of benzene rings is 1. The highest BCUT2D eigenvalue weighted by molar-refractivity contribution is 5.39. The van der Waals surface area contributed by atoms with Crippen LogP contribution in [0.4, 0.5) is 5.69 Å². The van der Waals surface area contributed by atoms with E-state index in [1.54, 1.807) is 12.1 Å². The molecule has 1 aliphatic rings. The van der Waals surface area contributed by atoms with Crippen LogP contribution in [0.1, 0.15) is 52.5 Å². The Morgan fingerprint density at radius 2 is 1.76 bits per heavy atom. The third kappa shape index (κ3) is 4.27. The molecule has 0 bridgehead atoms. The second-order valence-electron chi connectivity index (χ2n) is 7.88. The number of hydrogen-bond acceptors (Lipinski definition) is 3. The molecule has 0 saturated heterocycles. The summed E-state index contributed by atoms with van der Waals surface area (Å²) in [6.45, 7) is 9.82. The van der Waals surface area contributed by atoms with Gasteiger partial charge < -0.3 is 5.32 Å². The van der Waals surface area contributed by atoms with Crippen molar-refractivity contribution in [3.8, 4) is 0 Å². The largest absolute Gasteiger partial charge is 0.310 e. The van der Waals surface area contributed by atoms with Gasteiger partial charge in [-0.05, 0) is 30.1 Å². The highest BCUT2D eigenvalue weighted by Crippen LogP contribution is 2.45. The van der Waals surface area contributed by atoms with E-state index in [9.17, 15) is 10.1 Å². The Morgan fingerprint density at radius 1 is 1.19 bits per heavy atom. The van der Waals surface area contributed by atoms with Crippen LogP contribution in [0, 0.1) is 20.9 Å². The maximum Gasteiger partial charge on any atom is 0.273 e. The molecule has 0 amide bonds. The minimum absolute atomic E-state index is 0.208. The van der Waals surface area contributed by atoms with E-state index >= 15 is 0 Å². The Morgan fingerprint density at radius 3 is 2.33 bits per heavy atom. The number of rotatable bonds is 4.